The van der Waals surface area contributed by atoms with Crippen LogP contribution in [-0.2, 0) is 7.05 Å². The van der Waals surface area contributed by atoms with Crippen LogP contribution in [0.2, 0.25) is 0 Å². The second-order valence-corrected chi connectivity index (χ2v) is 7.24. The van der Waals surface area contributed by atoms with Gasteiger partial charge in [0.15, 0.2) is 17.1 Å². The van der Waals surface area contributed by atoms with Crippen LogP contribution in [0.4, 0.5) is 11.8 Å². The third kappa shape index (κ3) is 3.54. The molecule has 1 unspecified atom stereocenters. The molecule has 0 aliphatic heterocycles. The summed E-state index contributed by atoms with van der Waals surface area (Å²) in [6.07, 6.45) is 6.64. The van der Waals surface area contributed by atoms with Gasteiger partial charge in [0.25, 0.3) is 0 Å². The molecule has 8 nitrogen and oxygen atoms in total. The lowest BCUT2D eigenvalue weighted by Gasteiger charge is -2.19. The summed E-state index contributed by atoms with van der Waals surface area (Å²) in [5.41, 5.74) is 7.79. The topological polar surface area (TPSA) is 100 Å². The number of aryl methyl sites for hydroxylation is 1. The summed E-state index contributed by atoms with van der Waals surface area (Å²) in [7, 11) is 3.49. The highest BCUT2D eigenvalue weighted by Crippen LogP contribution is 2.34. The highest BCUT2D eigenvalue weighted by Gasteiger charge is 2.19. The van der Waals surface area contributed by atoms with E-state index in [1.165, 1.54) is 12.8 Å². The Morgan fingerprint density at radius 1 is 1.21 bits per heavy atom. The molecule has 0 spiro atoms. The number of nitrogen functional groups attached to an aromatic ring is 1. The molecule has 0 saturated heterocycles. The van der Waals surface area contributed by atoms with Crippen molar-refractivity contribution in [2.45, 2.75) is 44.8 Å². The normalized spacial score (nSPS) is 15.7. The van der Waals surface area contributed by atoms with Crippen LogP contribution in [0.25, 0.3) is 11.0 Å². The van der Waals surface area contributed by atoms with Crippen molar-refractivity contribution in [1.29, 1.82) is 0 Å². The van der Waals surface area contributed by atoms with Gasteiger partial charge in [0.2, 0.25) is 5.95 Å². The molecule has 1 aliphatic carbocycles. The van der Waals surface area contributed by atoms with E-state index in [2.05, 4.69) is 20.4 Å². The Morgan fingerprint density at radius 3 is 2.75 bits per heavy atom. The number of nitrogens with two attached hydrogens (primary N) is 1. The number of benzene rings is 1. The number of hydrogen-bond acceptors (Lipinski definition) is 7. The number of aromatic nitrogens is 4. The summed E-state index contributed by atoms with van der Waals surface area (Å²) in [6.45, 7) is 2.04. The Balaban J connectivity index is 1.54. The second kappa shape index (κ2) is 7.53. The van der Waals surface area contributed by atoms with E-state index in [9.17, 15) is 0 Å². The Hall–Kier alpha value is -3.03. The average Bonchev–Trinajstić information content (AvgIpc) is 3.32. The molecule has 8 heteroatoms. The maximum absolute atomic E-state index is 6.12. The number of methoxy groups -OCH3 is 1. The van der Waals surface area contributed by atoms with Gasteiger partial charge < -0.3 is 20.5 Å². The molecule has 1 atom stereocenters. The van der Waals surface area contributed by atoms with Gasteiger partial charge in [0.05, 0.1) is 30.8 Å². The first kappa shape index (κ1) is 18.3. The number of rotatable bonds is 6. The largest absolute Gasteiger partial charge is 0.493 e. The van der Waals surface area contributed by atoms with E-state index >= 15 is 0 Å². The third-order valence-corrected chi connectivity index (χ3v) is 5.25. The molecule has 148 valence electrons. The minimum atomic E-state index is -0.0421. The zero-order valence-electron chi connectivity index (χ0n) is 16.5. The van der Waals surface area contributed by atoms with Gasteiger partial charge in [-0.15, -0.1) is 0 Å². The van der Waals surface area contributed by atoms with E-state index in [4.69, 9.17) is 15.2 Å². The molecule has 0 bridgehead atoms. The quantitative estimate of drug-likeness (QED) is 0.673. The van der Waals surface area contributed by atoms with Crippen LogP contribution in [0.1, 0.15) is 44.2 Å². The molecule has 1 saturated carbocycles. The molecule has 2 aromatic heterocycles. The molecule has 3 N–H and O–H groups in total. The lowest BCUT2D eigenvalue weighted by atomic mass is 10.1. The summed E-state index contributed by atoms with van der Waals surface area (Å²) < 4.78 is 13.4. The van der Waals surface area contributed by atoms with Gasteiger partial charge in [0, 0.05) is 7.05 Å². The van der Waals surface area contributed by atoms with Crippen molar-refractivity contribution in [3.05, 3.63) is 30.0 Å². The summed E-state index contributed by atoms with van der Waals surface area (Å²) in [5.74, 6) is 2.40. The SMILES string of the molecule is COc1cc(C(C)Nc2nc(N)c3cnn(C)c3n2)ccc1OC1CCCC1. The van der Waals surface area contributed by atoms with Crippen molar-refractivity contribution in [3.63, 3.8) is 0 Å². The smallest absolute Gasteiger partial charge is 0.227 e. The monoisotopic (exact) mass is 382 g/mol. The van der Waals surface area contributed by atoms with Crippen LogP contribution in [0.3, 0.4) is 0 Å². The highest BCUT2D eigenvalue weighted by atomic mass is 16.5. The van der Waals surface area contributed by atoms with Crippen molar-refractivity contribution in [2.75, 3.05) is 18.2 Å². The number of nitrogens with zero attached hydrogens (tertiary/aromatic N) is 4. The third-order valence-electron chi connectivity index (χ3n) is 5.25. The Labute approximate surface area is 164 Å². The van der Waals surface area contributed by atoms with Crippen molar-refractivity contribution >= 4 is 22.8 Å². The molecule has 1 aromatic carbocycles. The van der Waals surface area contributed by atoms with Crippen molar-refractivity contribution in [3.8, 4) is 11.5 Å². The van der Waals surface area contributed by atoms with Crippen LogP contribution in [0.15, 0.2) is 24.4 Å². The first-order valence-corrected chi connectivity index (χ1v) is 9.61. The molecule has 0 amide bonds. The molecular weight excluding hydrogens is 356 g/mol. The van der Waals surface area contributed by atoms with Gasteiger partial charge in [0.1, 0.15) is 5.82 Å². The highest BCUT2D eigenvalue weighted by molar-refractivity contribution is 5.86. The maximum Gasteiger partial charge on any atom is 0.227 e. The lowest BCUT2D eigenvalue weighted by molar-refractivity contribution is 0.200. The zero-order chi connectivity index (χ0) is 19.7. The van der Waals surface area contributed by atoms with Crippen LogP contribution in [0.5, 0.6) is 11.5 Å². The molecule has 0 radical (unpaired) electrons. The van der Waals surface area contributed by atoms with Gasteiger partial charge in [-0.1, -0.05) is 6.07 Å². The van der Waals surface area contributed by atoms with Gasteiger partial charge in [-0.05, 0) is 50.3 Å². The van der Waals surface area contributed by atoms with Crippen LogP contribution >= 0.6 is 0 Å². The fourth-order valence-electron chi connectivity index (χ4n) is 3.62. The summed E-state index contributed by atoms with van der Waals surface area (Å²) in [5, 5.41) is 8.24. The second-order valence-electron chi connectivity index (χ2n) is 7.24. The van der Waals surface area contributed by atoms with E-state index in [0.29, 0.717) is 17.4 Å². The number of fused-ring (bicyclic) bond motifs is 1. The molecular formula is C20H26N6O2. The zero-order valence-corrected chi connectivity index (χ0v) is 16.5. The average molecular weight is 382 g/mol. The Bertz CT molecular complexity index is 980. The van der Waals surface area contributed by atoms with Crippen LogP contribution in [-0.4, -0.2) is 33.0 Å². The minimum Gasteiger partial charge on any atom is -0.493 e. The van der Waals surface area contributed by atoms with Crippen LogP contribution in [0, 0.1) is 0 Å². The molecule has 28 heavy (non-hydrogen) atoms. The predicted octanol–water partition coefficient (Wildman–Crippen LogP) is 3.45. The lowest BCUT2D eigenvalue weighted by Crippen LogP contribution is -2.13. The fourth-order valence-corrected chi connectivity index (χ4v) is 3.62. The van der Waals surface area contributed by atoms with Gasteiger partial charge in [-0.2, -0.15) is 15.1 Å². The van der Waals surface area contributed by atoms with E-state index in [0.717, 1.165) is 35.3 Å². The van der Waals surface area contributed by atoms with Gasteiger partial charge in [-0.25, -0.2) is 0 Å². The van der Waals surface area contributed by atoms with Crippen molar-refractivity contribution in [2.24, 2.45) is 7.05 Å². The summed E-state index contributed by atoms with van der Waals surface area (Å²) >= 11 is 0. The Morgan fingerprint density at radius 2 is 2.00 bits per heavy atom. The number of ether oxygens (including phenoxy) is 2. The fraction of sp³-hybridized carbons (Fsp3) is 0.450. The first-order valence-electron chi connectivity index (χ1n) is 9.61. The molecule has 3 aromatic rings. The summed E-state index contributed by atoms with van der Waals surface area (Å²) in [4.78, 5) is 8.89. The number of nitrogens with one attached hydrogen (secondary N) is 1. The van der Waals surface area contributed by atoms with Crippen molar-refractivity contribution < 1.29 is 9.47 Å². The number of anilines is 2. The minimum absolute atomic E-state index is 0.0421. The summed E-state index contributed by atoms with van der Waals surface area (Å²) in [6, 6.07) is 5.97. The molecule has 1 aliphatic rings. The molecule has 2 heterocycles. The predicted molar refractivity (Wildman–Crippen MR) is 109 cm³/mol. The maximum atomic E-state index is 6.12. The van der Waals surface area contributed by atoms with E-state index < -0.39 is 0 Å². The number of hydrogen-bond donors (Lipinski definition) is 2. The molecule has 4 rings (SSSR count). The van der Waals surface area contributed by atoms with Crippen LogP contribution < -0.4 is 20.5 Å². The van der Waals surface area contributed by atoms with Gasteiger partial charge >= 0.3 is 0 Å². The van der Waals surface area contributed by atoms with Gasteiger partial charge in [-0.3, -0.25) is 4.68 Å². The standard InChI is InChI=1S/C20H26N6O2/c1-12(23-20-24-18(21)15-11-22-26(2)19(15)25-20)13-8-9-16(17(10-13)27-3)28-14-6-4-5-7-14/h8-12,14H,4-7H2,1-3H3,(H3,21,23,24,25). The molecule has 1 fully saturated rings. The Kier molecular flexibility index (Phi) is 4.93. The van der Waals surface area contributed by atoms with E-state index in [1.807, 2.05) is 32.2 Å². The van der Waals surface area contributed by atoms with E-state index in [-0.39, 0.29) is 12.1 Å². The van der Waals surface area contributed by atoms with E-state index in [1.54, 1.807) is 18.0 Å². The first-order chi connectivity index (χ1) is 13.5. The van der Waals surface area contributed by atoms with Crippen molar-refractivity contribution in [1.82, 2.24) is 19.7 Å².